The molecule has 22 heavy (non-hydrogen) atoms. The lowest BCUT2D eigenvalue weighted by molar-refractivity contribution is 0.625. The van der Waals surface area contributed by atoms with Crippen LogP contribution in [-0.4, -0.2) is 19.6 Å². The third kappa shape index (κ3) is 5.37. The van der Waals surface area contributed by atoms with Crippen molar-refractivity contribution >= 4 is 17.6 Å². The fourth-order valence-electron chi connectivity index (χ4n) is 2.07. The summed E-state index contributed by atoms with van der Waals surface area (Å²) in [6.07, 6.45) is 0.732. The van der Waals surface area contributed by atoms with Gasteiger partial charge in [-0.3, -0.25) is 4.99 Å². The van der Waals surface area contributed by atoms with Crippen LogP contribution in [0.2, 0.25) is 5.02 Å². The molecule has 0 aliphatic carbocycles. The van der Waals surface area contributed by atoms with Gasteiger partial charge in [0.25, 0.3) is 0 Å². The van der Waals surface area contributed by atoms with E-state index < -0.39 is 0 Å². The summed E-state index contributed by atoms with van der Waals surface area (Å²) in [6, 6.07) is 14.3. The summed E-state index contributed by atoms with van der Waals surface area (Å²) in [5, 5.41) is 7.14. The number of nitrogens with one attached hydrogen (secondary N) is 2. The number of hydrogen-bond acceptors (Lipinski definition) is 1. The van der Waals surface area contributed by atoms with Crippen molar-refractivity contribution in [2.75, 3.05) is 13.6 Å². The van der Waals surface area contributed by atoms with Gasteiger partial charge in [-0.05, 0) is 41.8 Å². The van der Waals surface area contributed by atoms with Crippen molar-refractivity contribution in [2.24, 2.45) is 4.99 Å². The van der Waals surface area contributed by atoms with E-state index in [1.165, 1.54) is 6.07 Å². The topological polar surface area (TPSA) is 36.4 Å². The molecule has 0 aliphatic heterocycles. The fourth-order valence-corrected chi connectivity index (χ4v) is 2.28. The number of rotatable bonds is 5. The molecular weight excluding hydrogens is 301 g/mol. The van der Waals surface area contributed by atoms with E-state index in [0.717, 1.165) is 17.5 Å². The highest BCUT2D eigenvalue weighted by molar-refractivity contribution is 6.30. The Labute approximate surface area is 135 Å². The first-order chi connectivity index (χ1) is 10.7. The molecule has 2 N–H and O–H groups in total. The Hall–Kier alpha value is -2.07. The first kappa shape index (κ1) is 16.3. The van der Waals surface area contributed by atoms with Gasteiger partial charge in [-0.15, -0.1) is 0 Å². The lowest BCUT2D eigenvalue weighted by atomic mass is 10.1. The van der Waals surface area contributed by atoms with E-state index in [4.69, 9.17) is 11.6 Å². The Morgan fingerprint density at radius 3 is 2.59 bits per heavy atom. The highest BCUT2D eigenvalue weighted by atomic mass is 35.5. The first-order valence-corrected chi connectivity index (χ1v) is 7.48. The fraction of sp³-hybridized carbons (Fsp3) is 0.235. The van der Waals surface area contributed by atoms with Crippen LogP contribution in [0.25, 0.3) is 0 Å². The second kappa shape index (κ2) is 8.39. The molecule has 0 saturated carbocycles. The number of guanidine groups is 1. The van der Waals surface area contributed by atoms with E-state index in [9.17, 15) is 4.39 Å². The van der Waals surface area contributed by atoms with Crippen LogP contribution in [0, 0.1) is 5.82 Å². The number of hydrogen-bond donors (Lipinski definition) is 2. The summed E-state index contributed by atoms with van der Waals surface area (Å²) in [5.74, 6) is 0.498. The van der Waals surface area contributed by atoms with Gasteiger partial charge in [0.15, 0.2) is 5.96 Å². The molecule has 0 saturated heterocycles. The van der Waals surface area contributed by atoms with Gasteiger partial charge in [0, 0.05) is 25.2 Å². The summed E-state index contributed by atoms with van der Waals surface area (Å²) < 4.78 is 13.1. The van der Waals surface area contributed by atoms with Crippen LogP contribution in [0.4, 0.5) is 4.39 Å². The van der Waals surface area contributed by atoms with Gasteiger partial charge in [0.2, 0.25) is 0 Å². The average Bonchev–Trinajstić information content (AvgIpc) is 2.51. The number of halogens is 2. The average molecular weight is 320 g/mol. The normalized spacial score (nSPS) is 11.3. The molecule has 116 valence electrons. The Morgan fingerprint density at radius 1 is 1.09 bits per heavy atom. The van der Waals surface area contributed by atoms with Gasteiger partial charge in [-0.25, -0.2) is 4.39 Å². The molecule has 0 radical (unpaired) electrons. The second-order valence-corrected chi connectivity index (χ2v) is 5.30. The maximum absolute atomic E-state index is 13.1. The Balaban J connectivity index is 1.78. The SMILES string of the molecule is CN=C(NCCc1cccc(F)c1)NCc1cccc(Cl)c1. The minimum atomic E-state index is -0.207. The van der Waals surface area contributed by atoms with Crippen LogP contribution in [0.3, 0.4) is 0 Å². The monoisotopic (exact) mass is 319 g/mol. The van der Waals surface area contributed by atoms with Gasteiger partial charge < -0.3 is 10.6 Å². The van der Waals surface area contributed by atoms with Crippen LogP contribution in [0.5, 0.6) is 0 Å². The van der Waals surface area contributed by atoms with E-state index in [2.05, 4.69) is 15.6 Å². The zero-order valence-corrected chi connectivity index (χ0v) is 13.2. The molecule has 0 bridgehead atoms. The maximum Gasteiger partial charge on any atom is 0.191 e. The summed E-state index contributed by atoms with van der Waals surface area (Å²) in [5.41, 5.74) is 2.04. The van der Waals surface area contributed by atoms with Gasteiger partial charge in [-0.1, -0.05) is 35.9 Å². The summed E-state index contributed by atoms with van der Waals surface area (Å²) in [6.45, 7) is 1.32. The van der Waals surface area contributed by atoms with Crippen molar-refractivity contribution in [3.63, 3.8) is 0 Å². The molecule has 0 fully saturated rings. The molecular formula is C17H19ClFN3. The minimum Gasteiger partial charge on any atom is -0.356 e. The van der Waals surface area contributed by atoms with Crippen molar-refractivity contribution in [3.05, 3.63) is 70.5 Å². The Bertz CT molecular complexity index is 643. The van der Waals surface area contributed by atoms with E-state index >= 15 is 0 Å². The van der Waals surface area contributed by atoms with Gasteiger partial charge in [-0.2, -0.15) is 0 Å². The molecule has 0 heterocycles. The maximum atomic E-state index is 13.1. The van der Waals surface area contributed by atoms with Gasteiger partial charge in [0.05, 0.1) is 0 Å². The van der Waals surface area contributed by atoms with E-state index in [1.54, 1.807) is 19.2 Å². The minimum absolute atomic E-state index is 0.207. The summed E-state index contributed by atoms with van der Waals surface area (Å²) in [7, 11) is 1.72. The van der Waals surface area contributed by atoms with Crippen LogP contribution in [0.1, 0.15) is 11.1 Å². The predicted octanol–water partition coefficient (Wildman–Crippen LogP) is 3.39. The lowest BCUT2D eigenvalue weighted by Gasteiger charge is -2.12. The van der Waals surface area contributed by atoms with Gasteiger partial charge in [0.1, 0.15) is 5.82 Å². The molecule has 2 rings (SSSR count). The highest BCUT2D eigenvalue weighted by Gasteiger charge is 2.00. The zero-order chi connectivity index (χ0) is 15.8. The number of nitrogens with zero attached hydrogens (tertiary/aromatic N) is 1. The zero-order valence-electron chi connectivity index (χ0n) is 12.4. The highest BCUT2D eigenvalue weighted by Crippen LogP contribution is 2.10. The third-order valence-electron chi connectivity index (χ3n) is 3.17. The number of benzene rings is 2. The molecule has 2 aromatic carbocycles. The van der Waals surface area contributed by atoms with Gasteiger partial charge >= 0.3 is 0 Å². The smallest absolute Gasteiger partial charge is 0.191 e. The molecule has 2 aromatic rings. The molecule has 0 aliphatic rings. The molecule has 0 aromatic heterocycles. The second-order valence-electron chi connectivity index (χ2n) is 4.86. The Kier molecular flexibility index (Phi) is 6.22. The van der Waals surface area contributed by atoms with Crippen molar-refractivity contribution in [3.8, 4) is 0 Å². The van der Waals surface area contributed by atoms with Crippen LogP contribution in [0.15, 0.2) is 53.5 Å². The van der Waals surface area contributed by atoms with Crippen molar-refractivity contribution < 1.29 is 4.39 Å². The van der Waals surface area contributed by atoms with Crippen LogP contribution in [-0.2, 0) is 13.0 Å². The quantitative estimate of drug-likeness (QED) is 0.654. The Morgan fingerprint density at radius 2 is 1.86 bits per heavy atom. The van der Waals surface area contributed by atoms with Crippen molar-refractivity contribution in [1.29, 1.82) is 0 Å². The van der Waals surface area contributed by atoms with E-state index in [0.29, 0.717) is 24.1 Å². The van der Waals surface area contributed by atoms with Crippen LogP contribution >= 0.6 is 11.6 Å². The molecule has 0 amide bonds. The molecule has 3 nitrogen and oxygen atoms in total. The molecule has 5 heteroatoms. The predicted molar refractivity (Wildman–Crippen MR) is 89.8 cm³/mol. The molecule has 0 unspecified atom stereocenters. The first-order valence-electron chi connectivity index (χ1n) is 7.11. The number of aliphatic imine (C=N–C) groups is 1. The molecule has 0 atom stereocenters. The summed E-state index contributed by atoms with van der Waals surface area (Å²) >= 11 is 5.95. The standard InChI is InChI=1S/C17H19ClFN3/c1-20-17(22-12-14-5-2-6-15(18)10-14)21-9-8-13-4-3-7-16(19)11-13/h2-7,10-11H,8-9,12H2,1H3,(H2,20,21,22). The van der Waals surface area contributed by atoms with Crippen molar-refractivity contribution in [2.45, 2.75) is 13.0 Å². The summed E-state index contributed by atoms with van der Waals surface area (Å²) in [4.78, 5) is 4.16. The lowest BCUT2D eigenvalue weighted by Crippen LogP contribution is -2.37. The van der Waals surface area contributed by atoms with E-state index in [-0.39, 0.29) is 5.82 Å². The largest absolute Gasteiger partial charge is 0.356 e. The van der Waals surface area contributed by atoms with Crippen LogP contribution < -0.4 is 10.6 Å². The molecule has 0 spiro atoms. The third-order valence-corrected chi connectivity index (χ3v) is 3.40. The van der Waals surface area contributed by atoms with Crippen molar-refractivity contribution in [1.82, 2.24) is 10.6 Å². The van der Waals surface area contributed by atoms with E-state index in [1.807, 2.05) is 30.3 Å².